The summed E-state index contributed by atoms with van der Waals surface area (Å²) in [5.41, 5.74) is 2.90. The molecule has 110 valence electrons. The highest BCUT2D eigenvalue weighted by molar-refractivity contribution is 5.97. The number of fused-ring (bicyclic) bond motifs is 1. The Morgan fingerprint density at radius 3 is 2.60 bits per heavy atom. The molecule has 0 saturated carbocycles. The van der Waals surface area contributed by atoms with E-state index in [9.17, 15) is 9.59 Å². The first-order chi connectivity index (χ1) is 8.99. The molecule has 1 aliphatic rings. The third kappa shape index (κ3) is 3.42. The summed E-state index contributed by atoms with van der Waals surface area (Å²) in [5.74, 6) is -0.205. The number of halogens is 1. The quantitative estimate of drug-likeness (QED) is 0.913. The smallest absolute Gasteiger partial charge is 0.254 e. The van der Waals surface area contributed by atoms with E-state index in [2.05, 4.69) is 5.32 Å². The minimum atomic E-state index is -0.120. The Labute approximate surface area is 125 Å². The number of amides is 2. The third-order valence-corrected chi connectivity index (χ3v) is 3.28. The molecule has 0 aromatic heterocycles. The summed E-state index contributed by atoms with van der Waals surface area (Å²) >= 11 is 0. The van der Waals surface area contributed by atoms with Gasteiger partial charge in [0.05, 0.1) is 6.54 Å². The highest BCUT2D eigenvalue weighted by Crippen LogP contribution is 2.23. The Balaban J connectivity index is 0.00000200. The number of benzene rings is 1. The average Bonchev–Trinajstić information content (AvgIpc) is 2.84. The summed E-state index contributed by atoms with van der Waals surface area (Å²) in [5, 5.41) is 3.26. The monoisotopic (exact) mass is 297 g/mol. The van der Waals surface area contributed by atoms with Gasteiger partial charge in [0, 0.05) is 38.9 Å². The maximum atomic E-state index is 12.2. The number of carbonyl (C=O) groups is 2. The minimum Gasteiger partial charge on any atom is -0.384 e. The van der Waals surface area contributed by atoms with E-state index < -0.39 is 0 Å². The first-order valence-electron chi connectivity index (χ1n) is 6.31. The molecule has 1 heterocycles. The Kier molecular flexibility index (Phi) is 5.39. The fourth-order valence-electron chi connectivity index (χ4n) is 2.07. The largest absolute Gasteiger partial charge is 0.384 e. The highest BCUT2D eigenvalue weighted by atomic mass is 35.5. The topological polar surface area (TPSA) is 52.7 Å². The maximum absolute atomic E-state index is 12.2. The van der Waals surface area contributed by atoms with Gasteiger partial charge in [-0.2, -0.15) is 0 Å². The van der Waals surface area contributed by atoms with Crippen LogP contribution in [0.4, 0.5) is 5.69 Å². The Hall–Kier alpha value is -1.75. The maximum Gasteiger partial charge on any atom is 0.254 e. The predicted molar refractivity (Wildman–Crippen MR) is 81.5 cm³/mol. The fourth-order valence-corrected chi connectivity index (χ4v) is 2.07. The summed E-state index contributed by atoms with van der Waals surface area (Å²) in [6.45, 7) is 1.02. The van der Waals surface area contributed by atoms with E-state index in [1.54, 1.807) is 27.2 Å². The number of hydrogen-bond acceptors (Lipinski definition) is 3. The second kappa shape index (κ2) is 6.61. The fraction of sp³-hybridized carbons (Fsp3) is 0.429. The molecule has 0 saturated heterocycles. The molecular weight excluding hydrogens is 278 g/mol. The lowest BCUT2D eigenvalue weighted by Crippen LogP contribution is -2.37. The number of nitrogens with one attached hydrogen (secondary N) is 1. The van der Waals surface area contributed by atoms with Crippen molar-refractivity contribution in [1.29, 1.82) is 0 Å². The van der Waals surface area contributed by atoms with Gasteiger partial charge in [-0.1, -0.05) is 0 Å². The van der Waals surface area contributed by atoms with Gasteiger partial charge in [0.2, 0.25) is 5.91 Å². The molecular formula is C14H20ClN3O2. The predicted octanol–water partition coefficient (Wildman–Crippen LogP) is 1.24. The molecule has 1 N–H and O–H groups in total. The Bertz CT molecular complexity index is 517. The second-order valence-corrected chi connectivity index (χ2v) is 5.00. The van der Waals surface area contributed by atoms with Crippen LogP contribution in [-0.4, -0.2) is 55.8 Å². The molecule has 0 fully saturated rings. The van der Waals surface area contributed by atoms with Gasteiger partial charge in [-0.25, -0.2) is 0 Å². The van der Waals surface area contributed by atoms with Crippen molar-refractivity contribution in [3.63, 3.8) is 0 Å². The van der Waals surface area contributed by atoms with E-state index in [-0.39, 0.29) is 30.8 Å². The van der Waals surface area contributed by atoms with Crippen molar-refractivity contribution in [2.75, 3.05) is 39.5 Å². The number of hydrogen-bond donors (Lipinski definition) is 1. The van der Waals surface area contributed by atoms with Gasteiger partial charge in [0.25, 0.3) is 5.91 Å². The molecule has 0 spiro atoms. The zero-order valence-electron chi connectivity index (χ0n) is 12.0. The lowest BCUT2D eigenvalue weighted by Gasteiger charge is -2.19. The summed E-state index contributed by atoms with van der Waals surface area (Å²) in [6, 6.07) is 5.64. The average molecular weight is 298 g/mol. The van der Waals surface area contributed by atoms with Crippen molar-refractivity contribution in [2.24, 2.45) is 0 Å². The van der Waals surface area contributed by atoms with Crippen LogP contribution in [0.3, 0.4) is 0 Å². The van der Waals surface area contributed by atoms with Crippen molar-refractivity contribution in [1.82, 2.24) is 9.80 Å². The molecule has 0 unspecified atom stereocenters. The number of nitrogens with zero attached hydrogens (tertiary/aromatic N) is 2. The standard InChI is InChI=1S/C14H19N3O2.ClH/c1-16(2)13(18)9-17(3)14(19)11-4-5-12-10(8-11)6-7-15-12;/h4-5,8,15H,6-7,9H2,1-3H3;1H. The molecule has 5 nitrogen and oxygen atoms in total. The van der Waals surface area contributed by atoms with Crippen LogP contribution in [0.15, 0.2) is 18.2 Å². The molecule has 6 heteroatoms. The summed E-state index contributed by atoms with van der Waals surface area (Å²) in [6.07, 6.45) is 0.941. The third-order valence-electron chi connectivity index (χ3n) is 3.28. The van der Waals surface area contributed by atoms with E-state index in [1.807, 2.05) is 12.1 Å². The van der Waals surface area contributed by atoms with E-state index >= 15 is 0 Å². The number of rotatable bonds is 3. The number of carbonyl (C=O) groups excluding carboxylic acids is 2. The van der Waals surface area contributed by atoms with Crippen molar-refractivity contribution >= 4 is 29.9 Å². The molecule has 2 rings (SSSR count). The van der Waals surface area contributed by atoms with Gasteiger partial charge < -0.3 is 15.1 Å². The van der Waals surface area contributed by atoms with Crippen LogP contribution in [0.2, 0.25) is 0 Å². The van der Waals surface area contributed by atoms with Crippen LogP contribution in [0.1, 0.15) is 15.9 Å². The van der Waals surface area contributed by atoms with Gasteiger partial charge >= 0.3 is 0 Å². The van der Waals surface area contributed by atoms with Crippen LogP contribution in [-0.2, 0) is 11.2 Å². The Morgan fingerprint density at radius 2 is 1.95 bits per heavy atom. The van der Waals surface area contributed by atoms with Gasteiger partial charge in [0.1, 0.15) is 0 Å². The molecule has 20 heavy (non-hydrogen) atoms. The molecule has 1 aromatic carbocycles. The molecule has 0 atom stereocenters. The lowest BCUT2D eigenvalue weighted by atomic mass is 10.1. The van der Waals surface area contributed by atoms with E-state index in [4.69, 9.17) is 0 Å². The molecule has 2 amide bonds. The number of anilines is 1. The van der Waals surface area contributed by atoms with Crippen LogP contribution in [0.5, 0.6) is 0 Å². The van der Waals surface area contributed by atoms with Gasteiger partial charge in [-0.3, -0.25) is 9.59 Å². The van der Waals surface area contributed by atoms with Crippen molar-refractivity contribution < 1.29 is 9.59 Å². The number of likely N-dealkylation sites (N-methyl/N-ethyl adjacent to an activating group) is 2. The molecule has 1 aliphatic heterocycles. The second-order valence-electron chi connectivity index (χ2n) is 5.00. The van der Waals surface area contributed by atoms with E-state index in [0.29, 0.717) is 5.56 Å². The van der Waals surface area contributed by atoms with Gasteiger partial charge in [-0.05, 0) is 30.2 Å². The summed E-state index contributed by atoms with van der Waals surface area (Å²) in [7, 11) is 5.01. The highest BCUT2D eigenvalue weighted by Gasteiger charge is 2.18. The first-order valence-corrected chi connectivity index (χ1v) is 6.31. The van der Waals surface area contributed by atoms with Crippen molar-refractivity contribution in [3.05, 3.63) is 29.3 Å². The zero-order valence-corrected chi connectivity index (χ0v) is 12.8. The molecule has 0 radical (unpaired) electrons. The minimum absolute atomic E-state index is 0. The van der Waals surface area contributed by atoms with Gasteiger partial charge in [-0.15, -0.1) is 12.4 Å². The van der Waals surface area contributed by atoms with Crippen LogP contribution in [0.25, 0.3) is 0 Å². The SMILES string of the molecule is CN(C)C(=O)CN(C)C(=O)c1ccc2c(c1)CCN2.Cl. The van der Waals surface area contributed by atoms with E-state index in [1.165, 1.54) is 9.80 Å². The van der Waals surface area contributed by atoms with Crippen LogP contribution < -0.4 is 5.32 Å². The summed E-state index contributed by atoms with van der Waals surface area (Å²) < 4.78 is 0. The molecule has 0 bridgehead atoms. The van der Waals surface area contributed by atoms with E-state index in [0.717, 1.165) is 24.2 Å². The van der Waals surface area contributed by atoms with Gasteiger partial charge in [0.15, 0.2) is 0 Å². The van der Waals surface area contributed by atoms with Crippen LogP contribution in [0, 0.1) is 0 Å². The molecule has 0 aliphatic carbocycles. The zero-order chi connectivity index (χ0) is 14.0. The lowest BCUT2D eigenvalue weighted by molar-refractivity contribution is -0.129. The Morgan fingerprint density at radius 1 is 1.25 bits per heavy atom. The van der Waals surface area contributed by atoms with Crippen molar-refractivity contribution in [3.8, 4) is 0 Å². The first kappa shape index (κ1) is 16.3. The summed E-state index contributed by atoms with van der Waals surface area (Å²) in [4.78, 5) is 26.8. The normalized spacial score (nSPS) is 11.9. The van der Waals surface area contributed by atoms with Crippen LogP contribution >= 0.6 is 12.4 Å². The van der Waals surface area contributed by atoms with Crippen molar-refractivity contribution in [2.45, 2.75) is 6.42 Å². The molecule has 1 aromatic rings.